The second-order valence-corrected chi connectivity index (χ2v) is 9.15. The van der Waals surface area contributed by atoms with Crippen molar-refractivity contribution in [2.45, 2.75) is 32.7 Å². The topological polar surface area (TPSA) is 144 Å². The van der Waals surface area contributed by atoms with Gasteiger partial charge in [-0.05, 0) is 36.2 Å². The number of nitrogen functional groups attached to an aromatic ring is 1. The first-order chi connectivity index (χ1) is 19.2. The monoisotopic (exact) mass is 549 g/mol. The van der Waals surface area contributed by atoms with E-state index in [9.17, 15) is 4.79 Å². The first kappa shape index (κ1) is 31.6. The Bertz CT molecular complexity index is 1340. The number of carbonyl (C=O) groups excluding carboxylic acids is 1. The summed E-state index contributed by atoms with van der Waals surface area (Å²) in [5.41, 5.74) is 12.9. The number of nitrogens with two attached hydrogens (primary N) is 2. The van der Waals surface area contributed by atoms with E-state index in [2.05, 4.69) is 28.9 Å². The number of hydrogen-bond donors (Lipinski definition) is 2. The van der Waals surface area contributed by atoms with Gasteiger partial charge in [-0.3, -0.25) is 4.79 Å². The van der Waals surface area contributed by atoms with Gasteiger partial charge in [0.1, 0.15) is 11.3 Å². The van der Waals surface area contributed by atoms with E-state index in [-0.39, 0.29) is 28.7 Å². The van der Waals surface area contributed by atoms with Gasteiger partial charge in [0, 0.05) is 38.0 Å². The highest BCUT2D eigenvalue weighted by Gasteiger charge is 2.25. The lowest BCUT2D eigenvalue weighted by Crippen LogP contribution is -2.49. The Morgan fingerprint density at radius 1 is 1.12 bits per heavy atom. The van der Waals surface area contributed by atoms with Gasteiger partial charge in [-0.25, -0.2) is 9.37 Å². The number of piperazine rings is 1. The van der Waals surface area contributed by atoms with Crippen LogP contribution in [0.2, 0.25) is 0 Å². The van der Waals surface area contributed by atoms with Crippen LogP contribution in [-0.2, 0) is 11.2 Å². The van der Waals surface area contributed by atoms with Crippen molar-refractivity contribution in [1.82, 2.24) is 14.9 Å². The van der Waals surface area contributed by atoms with Gasteiger partial charge in [0.25, 0.3) is 0 Å². The molecule has 1 fully saturated rings. The van der Waals surface area contributed by atoms with E-state index in [1.54, 1.807) is 23.1 Å². The van der Waals surface area contributed by atoms with Crippen LogP contribution < -0.4 is 25.8 Å². The third-order valence-corrected chi connectivity index (χ3v) is 5.92. The number of rotatable bonds is 6. The van der Waals surface area contributed by atoms with Gasteiger partial charge in [0.05, 0.1) is 25.9 Å². The van der Waals surface area contributed by atoms with Crippen molar-refractivity contribution in [3.8, 4) is 30.4 Å². The lowest BCUT2D eigenvalue weighted by molar-refractivity contribution is -0.131. The summed E-state index contributed by atoms with van der Waals surface area (Å²) in [6.45, 7) is 5.90. The van der Waals surface area contributed by atoms with Crippen LogP contribution in [0.15, 0.2) is 30.3 Å². The van der Waals surface area contributed by atoms with Gasteiger partial charge in [-0.15, -0.1) is 12.8 Å². The van der Waals surface area contributed by atoms with Crippen molar-refractivity contribution in [1.29, 1.82) is 5.26 Å². The third-order valence-electron chi connectivity index (χ3n) is 5.92. The number of ether oxygens (including phenoxy) is 2. The average Bonchev–Trinajstić information content (AvgIpc) is 2.97. The van der Waals surface area contributed by atoms with Crippen LogP contribution in [-0.4, -0.2) is 67.2 Å². The minimum atomic E-state index is -0.663. The number of hydrogen-bond acceptors (Lipinski definition) is 9. The molecule has 0 unspecified atom stereocenters. The van der Waals surface area contributed by atoms with Crippen LogP contribution >= 0.6 is 0 Å². The summed E-state index contributed by atoms with van der Waals surface area (Å²) in [6.07, 6.45) is 9.00. The minimum absolute atomic E-state index is 0.0447. The van der Waals surface area contributed by atoms with E-state index in [0.29, 0.717) is 62.0 Å². The molecule has 0 atom stereocenters. The molecule has 1 aromatic heterocycles. The predicted molar refractivity (Wildman–Crippen MR) is 154 cm³/mol. The van der Waals surface area contributed by atoms with Crippen LogP contribution in [0.3, 0.4) is 0 Å². The quantitative estimate of drug-likeness (QED) is 0.443. The van der Waals surface area contributed by atoms with Crippen LogP contribution in [0, 0.1) is 30.0 Å². The number of aromatic nitrogens is 2. The summed E-state index contributed by atoms with van der Waals surface area (Å²) >= 11 is 0. The van der Waals surface area contributed by atoms with E-state index in [4.69, 9.17) is 26.2 Å². The molecule has 10 nitrogen and oxygen atoms in total. The van der Waals surface area contributed by atoms with Gasteiger partial charge in [0.2, 0.25) is 11.9 Å². The van der Waals surface area contributed by atoms with E-state index < -0.39 is 5.82 Å². The zero-order valence-electron chi connectivity index (χ0n) is 23.4. The molecule has 1 aliphatic rings. The first-order valence-electron chi connectivity index (χ1n) is 12.7. The molecule has 1 saturated heterocycles. The number of halogens is 1. The summed E-state index contributed by atoms with van der Waals surface area (Å²) in [5.74, 6) is 0.0108. The normalized spacial score (nSPS) is 12.5. The second kappa shape index (κ2) is 15.1. The predicted octanol–water partition coefficient (Wildman–Crippen LogP) is 3.12. The van der Waals surface area contributed by atoms with E-state index >= 15 is 4.39 Å². The lowest BCUT2D eigenvalue weighted by atomic mass is 10.1. The van der Waals surface area contributed by atoms with E-state index in [0.717, 1.165) is 5.56 Å². The number of carbonyl (C=O) groups is 1. The van der Waals surface area contributed by atoms with E-state index in [1.807, 2.05) is 30.9 Å². The Morgan fingerprint density at radius 3 is 2.25 bits per heavy atom. The fourth-order valence-corrected chi connectivity index (χ4v) is 3.99. The van der Waals surface area contributed by atoms with Crippen molar-refractivity contribution >= 4 is 28.6 Å². The molecule has 1 amide bonds. The van der Waals surface area contributed by atoms with Gasteiger partial charge in [-0.1, -0.05) is 26.0 Å². The zero-order chi connectivity index (χ0) is 29.8. The molecule has 1 aliphatic heterocycles. The maximum absolute atomic E-state index is 15.0. The molecular formula is C29H36FN7O3. The fraction of sp³-hybridized carbons (Fsp3) is 0.379. The molecule has 212 valence electrons. The Labute approximate surface area is 234 Å². The van der Waals surface area contributed by atoms with Crippen molar-refractivity contribution in [2.75, 3.05) is 51.0 Å². The first-order valence-corrected chi connectivity index (χ1v) is 12.7. The molecule has 4 rings (SSSR count). The summed E-state index contributed by atoms with van der Waals surface area (Å²) < 4.78 is 25.4. The van der Waals surface area contributed by atoms with Crippen LogP contribution in [0.1, 0.15) is 31.4 Å². The highest BCUT2D eigenvalue weighted by Crippen LogP contribution is 2.37. The van der Waals surface area contributed by atoms with Crippen molar-refractivity contribution < 1.29 is 18.7 Å². The maximum Gasteiger partial charge on any atom is 0.228 e. The molecule has 0 radical (unpaired) electrons. The van der Waals surface area contributed by atoms with Crippen LogP contribution in [0.25, 0.3) is 10.9 Å². The molecule has 0 saturated carbocycles. The zero-order valence-corrected chi connectivity index (χ0v) is 23.4. The molecule has 2 aromatic carbocycles. The Morgan fingerprint density at radius 2 is 1.73 bits per heavy atom. The fourth-order valence-electron chi connectivity index (χ4n) is 3.99. The number of nitrogens with zero attached hydrogens (tertiary/aromatic N) is 5. The summed E-state index contributed by atoms with van der Waals surface area (Å²) in [6, 6.07) is 11.2. The number of nitriles is 1. The highest BCUT2D eigenvalue weighted by molar-refractivity contribution is 5.92. The summed E-state index contributed by atoms with van der Waals surface area (Å²) in [4.78, 5) is 25.1. The van der Waals surface area contributed by atoms with Crippen molar-refractivity contribution in [3.05, 3.63) is 47.3 Å². The lowest BCUT2D eigenvalue weighted by Gasteiger charge is -2.35. The average molecular weight is 550 g/mol. The number of methoxy groups -OCH3 is 2. The molecule has 11 heteroatoms. The van der Waals surface area contributed by atoms with Crippen LogP contribution in [0.4, 0.5) is 16.2 Å². The number of terminal acetylenes is 1. The molecule has 3 aromatic rings. The van der Waals surface area contributed by atoms with Crippen molar-refractivity contribution in [3.63, 3.8) is 0 Å². The number of anilines is 2. The van der Waals surface area contributed by atoms with Gasteiger partial charge in [-0.2, -0.15) is 10.2 Å². The summed E-state index contributed by atoms with van der Waals surface area (Å²) in [7, 11) is 2.77. The molecule has 40 heavy (non-hydrogen) atoms. The van der Waals surface area contributed by atoms with Crippen LogP contribution in [0.5, 0.6) is 11.5 Å². The number of benzene rings is 2. The largest absolute Gasteiger partial charge is 0.493 e. The SMILES string of the molecule is C#C.CC(C)N.COc1cc2c(N)nc(N3CCN(C(=O)CCc4ccc(C#N)cc4)CC3)nc2c(F)c1OC. The van der Waals surface area contributed by atoms with Gasteiger partial charge >= 0.3 is 0 Å². The molecule has 0 bridgehead atoms. The molecule has 0 aliphatic carbocycles. The Balaban J connectivity index is 0.000000858. The maximum atomic E-state index is 15.0. The molecule has 0 spiro atoms. The highest BCUT2D eigenvalue weighted by atomic mass is 19.1. The van der Waals surface area contributed by atoms with E-state index in [1.165, 1.54) is 14.2 Å². The van der Waals surface area contributed by atoms with Gasteiger partial charge in [0.15, 0.2) is 17.3 Å². The standard InChI is InChI=1S/C24H25FN6O3.C3H9N.C2H2/c1-33-18-13-17-21(20(25)22(18)34-2)28-24(29-23(17)27)31-11-9-30(10-12-31)19(32)8-7-15-3-5-16(14-26)6-4-15;1-3(2)4;1-2/h3-6,13H,7-12H2,1-2H3,(H2,27,28,29);3H,4H2,1-2H3;1-2H. The Hall–Kier alpha value is -4.61. The Kier molecular flexibility index (Phi) is 11.9. The number of fused-ring (bicyclic) bond motifs is 1. The van der Waals surface area contributed by atoms with Gasteiger partial charge < -0.3 is 30.7 Å². The molecule has 4 N–H and O–H groups in total. The smallest absolute Gasteiger partial charge is 0.228 e. The third kappa shape index (κ3) is 7.95. The molecular weight excluding hydrogens is 513 g/mol. The number of amides is 1. The second-order valence-electron chi connectivity index (χ2n) is 9.15. The number of aryl methyl sites for hydroxylation is 1. The van der Waals surface area contributed by atoms with Crippen molar-refractivity contribution in [2.24, 2.45) is 5.73 Å². The summed E-state index contributed by atoms with van der Waals surface area (Å²) in [5, 5.41) is 9.23. The minimum Gasteiger partial charge on any atom is -0.493 e. The molecule has 2 heterocycles.